The maximum Gasteiger partial charge on any atom is 0.0736 e. The van der Waals surface area contributed by atoms with E-state index in [0.717, 1.165) is 6.61 Å². The van der Waals surface area contributed by atoms with Crippen molar-refractivity contribution in [1.82, 2.24) is 4.90 Å². The van der Waals surface area contributed by atoms with Crippen molar-refractivity contribution in [1.29, 1.82) is 0 Å². The summed E-state index contributed by atoms with van der Waals surface area (Å²) in [6.07, 6.45) is 2.42. The Labute approximate surface area is 116 Å². The molecule has 2 rings (SSSR count). The SMILES string of the molecule is CCOCc1ccccc1NC1CCN(C)C(C)C1. The summed E-state index contributed by atoms with van der Waals surface area (Å²) < 4.78 is 5.54. The predicted octanol–water partition coefficient (Wildman–Crippen LogP) is 3.12. The molecule has 2 unspecified atom stereocenters. The van der Waals surface area contributed by atoms with Crippen molar-refractivity contribution >= 4 is 5.69 Å². The second kappa shape index (κ2) is 6.92. The van der Waals surface area contributed by atoms with Crippen LogP contribution in [0.5, 0.6) is 0 Å². The molecule has 0 aliphatic carbocycles. The fourth-order valence-corrected chi connectivity index (χ4v) is 2.64. The first-order valence-electron chi connectivity index (χ1n) is 7.33. The molecular weight excluding hydrogens is 236 g/mol. The standard InChI is InChI=1S/C16H26N2O/c1-4-19-12-14-7-5-6-8-16(14)17-15-9-10-18(3)13(2)11-15/h5-8,13,15,17H,4,9-12H2,1-3H3. The Kier molecular flexibility index (Phi) is 5.23. The minimum absolute atomic E-state index is 0.578. The van der Waals surface area contributed by atoms with E-state index in [1.54, 1.807) is 0 Å². The van der Waals surface area contributed by atoms with Gasteiger partial charge in [0.1, 0.15) is 0 Å². The van der Waals surface area contributed by atoms with Crippen LogP contribution in [0.4, 0.5) is 5.69 Å². The van der Waals surface area contributed by atoms with Crippen LogP contribution in [0, 0.1) is 0 Å². The van der Waals surface area contributed by atoms with Gasteiger partial charge in [0.2, 0.25) is 0 Å². The van der Waals surface area contributed by atoms with Gasteiger partial charge in [-0.05, 0) is 39.8 Å². The molecule has 2 atom stereocenters. The maximum absolute atomic E-state index is 5.54. The van der Waals surface area contributed by atoms with Gasteiger partial charge in [0, 0.05) is 36.5 Å². The summed E-state index contributed by atoms with van der Waals surface area (Å²) in [5.41, 5.74) is 2.49. The van der Waals surface area contributed by atoms with Crippen molar-refractivity contribution in [3.8, 4) is 0 Å². The summed E-state index contributed by atoms with van der Waals surface area (Å²) in [5.74, 6) is 0. The highest BCUT2D eigenvalue weighted by molar-refractivity contribution is 5.51. The second-order valence-electron chi connectivity index (χ2n) is 5.49. The fourth-order valence-electron chi connectivity index (χ4n) is 2.64. The first kappa shape index (κ1) is 14.4. The van der Waals surface area contributed by atoms with Crippen LogP contribution in [0.15, 0.2) is 24.3 Å². The summed E-state index contributed by atoms with van der Waals surface area (Å²) in [6.45, 7) is 6.97. The summed E-state index contributed by atoms with van der Waals surface area (Å²) in [6, 6.07) is 9.72. The zero-order chi connectivity index (χ0) is 13.7. The second-order valence-corrected chi connectivity index (χ2v) is 5.49. The molecule has 1 heterocycles. The lowest BCUT2D eigenvalue weighted by Crippen LogP contribution is -2.42. The van der Waals surface area contributed by atoms with E-state index >= 15 is 0 Å². The lowest BCUT2D eigenvalue weighted by atomic mass is 9.98. The average Bonchev–Trinajstić information content (AvgIpc) is 2.42. The van der Waals surface area contributed by atoms with Gasteiger partial charge in [-0.1, -0.05) is 18.2 Å². The van der Waals surface area contributed by atoms with Gasteiger partial charge in [-0.15, -0.1) is 0 Å². The van der Waals surface area contributed by atoms with Crippen LogP contribution < -0.4 is 5.32 Å². The molecule has 1 saturated heterocycles. The Balaban J connectivity index is 1.98. The van der Waals surface area contributed by atoms with Gasteiger partial charge < -0.3 is 15.0 Å². The van der Waals surface area contributed by atoms with Crippen LogP contribution >= 0.6 is 0 Å². The molecule has 0 spiro atoms. The smallest absolute Gasteiger partial charge is 0.0736 e. The number of likely N-dealkylation sites (tertiary alicyclic amines) is 1. The van der Waals surface area contributed by atoms with Crippen molar-refractivity contribution in [3.63, 3.8) is 0 Å². The Bertz CT molecular complexity index is 394. The molecule has 0 aromatic heterocycles. The number of ether oxygens (including phenoxy) is 1. The van der Waals surface area contributed by atoms with Crippen molar-refractivity contribution in [2.45, 2.75) is 45.4 Å². The molecule has 3 heteroatoms. The quantitative estimate of drug-likeness (QED) is 0.882. The van der Waals surface area contributed by atoms with Crippen LogP contribution in [-0.4, -0.2) is 37.2 Å². The van der Waals surface area contributed by atoms with Crippen LogP contribution in [0.25, 0.3) is 0 Å². The molecule has 1 N–H and O–H groups in total. The number of anilines is 1. The van der Waals surface area contributed by atoms with Gasteiger partial charge in [-0.2, -0.15) is 0 Å². The highest BCUT2D eigenvalue weighted by Gasteiger charge is 2.22. The number of hydrogen-bond donors (Lipinski definition) is 1. The summed E-state index contributed by atoms with van der Waals surface area (Å²) in [4.78, 5) is 2.43. The third-order valence-corrected chi connectivity index (χ3v) is 4.05. The van der Waals surface area contributed by atoms with Crippen LogP contribution in [0.2, 0.25) is 0 Å². The average molecular weight is 262 g/mol. The Morgan fingerprint density at radius 3 is 2.89 bits per heavy atom. The zero-order valence-electron chi connectivity index (χ0n) is 12.4. The minimum atomic E-state index is 0.578. The molecule has 3 nitrogen and oxygen atoms in total. The van der Waals surface area contributed by atoms with Gasteiger partial charge in [0.05, 0.1) is 6.61 Å². The van der Waals surface area contributed by atoms with Gasteiger partial charge in [0.25, 0.3) is 0 Å². The van der Waals surface area contributed by atoms with E-state index in [4.69, 9.17) is 4.74 Å². The Morgan fingerprint density at radius 2 is 2.16 bits per heavy atom. The van der Waals surface area contributed by atoms with Crippen molar-refractivity contribution in [2.24, 2.45) is 0 Å². The minimum Gasteiger partial charge on any atom is -0.382 e. The lowest BCUT2D eigenvalue weighted by molar-refractivity contribution is 0.134. The lowest BCUT2D eigenvalue weighted by Gasteiger charge is -2.36. The molecule has 0 radical (unpaired) electrons. The summed E-state index contributed by atoms with van der Waals surface area (Å²) >= 11 is 0. The third kappa shape index (κ3) is 3.95. The predicted molar refractivity (Wildman–Crippen MR) is 80.5 cm³/mol. The van der Waals surface area contributed by atoms with Gasteiger partial charge in [-0.3, -0.25) is 0 Å². The Hall–Kier alpha value is -1.06. The number of nitrogens with zero attached hydrogens (tertiary/aromatic N) is 1. The number of nitrogens with one attached hydrogen (secondary N) is 1. The third-order valence-electron chi connectivity index (χ3n) is 4.05. The summed E-state index contributed by atoms with van der Waals surface area (Å²) in [7, 11) is 2.21. The van der Waals surface area contributed by atoms with Gasteiger partial charge in [0.15, 0.2) is 0 Å². The largest absolute Gasteiger partial charge is 0.382 e. The molecule has 0 amide bonds. The fraction of sp³-hybridized carbons (Fsp3) is 0.625. The molecule has 0 saturated carbocycles. The molecule has 1 fully saturated rings. The normalized spacial score (nSPS) is 24.4. The molecule has 1 aliphatic rings. The van der Waals surface area contributed by atoms with E-state index in [9.17, 15) is 0 Å². The van der Waals surface area contributed by atoms with E-state index in [1.165, 1.54) is 30.6 Å². The van der Waals surface area contributed by atoms with Crippen molar-refractivity contribution in [2.75, 3.05) is 25.5 Å². The summed E-state index contributed by atoms with van der Waals surface area (Å²) in [5, 5.41) is 3.70. The number of benzene rings is 1. The van der Waals surface area contributed by atoms with E-state index in [0.29, 0.717) is 18.7 Å². The van der Waals surface area contributed by atoms with Crippen molar-refractivity contribution in [3.05, 3.63) is 29.8 Å². The molecule has 1 aromatic rings. The number of piperidine rings is 1. The zero-order valence-corrected chi connectivity index (χ0v) is 12.4. The molecule has 106 valence electrons. The highest BCUT2D eigenvalue weighted by Crippen LogP contribution is 2.23. The number of rotatable bonds is 5. The van der Waals surface area contributed by atoms with Crippen LogP contribution in [0.3, 0.4) is 0 Å². The molecule has 1 aliphatic heterocycles. The number of hydrogen-bond acceptors (Lipinski definition) is 3. The molecule has 1 aromatic carbocycles. The first-order chi connectivity index (χ1) is 9.20. The monoisotopic (exact) mass is 262 g/mol. The highest BCUT2D eigenvalue weighted by atomic mass is 16.5. The molecule has 19 heavy (non-hydrogen) atoms. The van der Waals surface area contributed by atoms with E-state index in [1.807, 2.05) is 6.92 Å². The van der Waals surface area contributed by atoms with E-state index in [-0.39, 0.29) is 0 Å². The van der Waals surface area contributed by atoms with E-state index < -0.39 is 0 Å². The molecule has 0 bridgehead atoms. The van der Waals surface area contributed by atoms with Gasteiger partial charge in [-0.25, -0.2) is 0 Å². The Morgan fingerprint density at radius 1 is 1.37 bits per heavy atom. The van der Waals surface area contributed by atoms with Crippen molar-refractivity contribution < 1.29 is 4.74 Å². The first-order valence-corrected chi connectivity index (χ1v) is 7.33. The van der Waals surface area contributed by atoms with Crippen LogP contribution in [0.1, 0.15) is 32.3 Å². The number of para-hydroxylation sites is 1. The maximum atomic E-state index is 5.54. The molecular formula is C16H26N2O. The topological polar surface area (TPSA) is 24.5 Å². The van der Waals surface area contributed by atoms with E-state index in [2.05, 4.69) is 48.5 Å². The van der Waals surface area contributed by atoms with Crippen LogP contribution in [-0.2, 0) is 11.3 Å². The van der Waals surface area contributed by atoms with Gasteiger partial charge >= 0.3 is 0 Å².